The SMILES string of the molecule is NCCNc1nc(NCCOCCOCCNC(=O)c2ccccc2)nc(NCC2CCCCC2)n1. The van der Waals surface area contributed by atoms with Crippen LogP contribution in [0.5, 0.6) is 0 Å². The van der Waals surface area contributed by atoms with Crippen molar-refractivity contribution in [3.05, 3.63) is 35.9 Å². The number of hydrogen-bond donors (Lipinski definition) is 5. The average Bonchev–Trinajstić information content (AvgIpc) is 2.92. The first-order valence-corrected chi connectivity index (χ1v) is 12.9. The summed E-state index contributed by atoms with van der Waals surface area (Å²) in [5.74, 6) is 2.12. The predicted octanol–water partition coefficient (Wildman–Crippen LogP) is 2.11. The molecule has 1 saturated carbocycles. The third-order valence-corrected chi connectivity index (χ3v) is 5.81. The summed E-state index contributed by atoms with van der Waals surface area (Å²) in [7, 11) is 0. The first-order valence-electron chi connectivity index (χ1n) is 12.9. The fourth-order valence-electron chi connectivity index (χ4n) is 3.91. The predicted molar refractivity (Wildman–Crippen MR) is 141 cm³/mol. The molecule has 11 heteroatoms. The van der Waals surface area contributed by atoms with Gasteiger partial charge in [0.15, 0.2) is 0 Å². The summed E-state index contributed by atoms with van der Waals surface area (Å²) >= 11 is 0. The van der Waals surface area contributed by atoms with E-state index >= 15 is 0 Å². The third-order valence-electron chi connectivity index (χ3n) is 5.81. The number of hydrogen-bond acceptors (Lipinski definition) is 10. The van der Waals surface area contributed by atoms with Crippen LogP contribution in [0.4, 0.5) is 17.8 Å². The largest absolute Gasteiger partial charge is 0.377 e. The molecule has 2 aromatic rings. The molecule has 6 N–H and O–H groups in total. The molecule has 36 heavy (non-hydrogen) atoms. The second-order valence-electron chi connectivity index (χ2n) is 8.68. The molecule has 1 aromatic carbocycles. The van der Waals surface area contributed by atoms with Gasteiger partial charge in [-0.3, -0.25) is 4.79 Å². The summed E-state index contributed by atoms with van der Waals surface area (Å²) in [6.45, 7) is 4.79. The summed E-state index contributed by atoms with van der Waals surface area (Å²) < 4.78 is 11.1. The van der Waals surface area contributed by atoms with Gasteiger partial charge in [-0.15, -0.1) is 0 Å². The van der Waals surface area contributed by atoms with Gasteiger partial charge in [0.25, 0.3) is 5.91 Å². The highest BCUT2D eigenvalue weighted by molar-refractivity contribution is 5.94. The first kappa shape index (κ1) is 27.6. The minimum Gasteiger partial charge on any atom is -0.377 e. The van der Waals surface area contributed by atoms with Gasteiger partial charge >= 0.3 is 0 Å². The molecule has 0 aliphatic heterocycles. The molecule has 0 radical (unpaired) electrons. The van der Waals surface area contributed by atoms with Gasteiger partial charge in [-0.2, -0.15) is 15.0 Å². The highest BCUT2D eigenvalue weighted by Gasteiger charge is 2.14. The lowest BCUT2D eigenvalue weighted by atomic mass is 9.89. The monoisotopic (exact) mass is 500 g/mol. The number of nitrogens with one attached hydrogen (secondary N) is 4. The van der Waals surface area contributed by atoms with Crippen LogP contribution in [0, 0.1) is 5.92 Å². The number of nitrogens with two attached hydrogens (primary N) is 1. The molecule has 0 unspecified atom stereocenters. The molecule has 0 saturated heterocycles. The lowest BCUT2D eigenvalue weighted by molar-refractivity contribution is 0.0519. The second kappa shape index (κ2) is 16.6. The molecule has 3 rings (SSSR count). The van der Waals surface area contributed by atoms with Gasteiger partial charge in [0, 0.05) is 38.3 Å². The van der Waals surface area contributed by atoms with Gasteiger partial charge < -0.3 is 36.5 Å². The van der Waals surface area contributed by atoms with Crippen molar-refractivity contribution in [3.8, 4) is 0 Å². The highest BCUT2D eigenvalue weighted by Crippen LogP contribution is 2.23. The van der Waals surface area contributed by atoms with E-state index in [1.54, 1.807) is 12.1 Å². The molecule has 1 aromatic heterocycles. The van der Waals surface area contributed by atoms with E-state index in [1.165, 1.54) is 32.1 Å². The number of carbonyl (C=O) groups is 1. The number of rotatable bonds is 17. The summed E-state index contributed by atoms with van der Waals surface area (Å²) in [6, 6.07) is 9.11. The summed E-state index contributed by atoms with van der Waals surface area (Å²) in [6.07, 6.45) is 6.45. The maximum atomic E-state index is 11.9. The molecule has 0 atom stereocenters. The van der Waals surface area contributed by atoms with Crippen molar-refractivity contribution in [1.29, 1.82) is 0 Å². The van der Waals surface area contributed by atoms with Gasteiger partial charge in [0.1, 0.15) is 0 Å². The Labute approximate surface area is 213 Å². The van der Waals surface area contributed by atoms with E-state index in [0.29, 0.717) is 81.9 Å². The Bertz CT molecular complexity index is 881. The van der Waals surface area contributed by atoms with Crippen molar-refractivity contribution in [3.63, 3.8) is 0 Å². The van der Waals surface area contributed by atoms with Gasteiger partial charge in [-0.1, -0.05) is 37.5 Å². The van der Waals surface area contributed by atoms with E-state index in [4.69, 9.17) is 15.2 Å². The van der Waals surface area contributed by atoms with Gasteiger partial charge in [0.05, 0.1) is 26.4 Å². The van der Waals surface area contributed by atoms with E-state index in [1.807, 2.05) is 18.2 Å². The molecule has 1 aliphatic rings. The van der Waals surface area contributed by atoms with E-state index in [-0.39, 0.29) is 5.91 Å². The van der Waals surface area contributed by atoms with Crippen molar-refractivity contribution < 1.29 is 14.3 Å². The Balaban J connectivity index is 1.28. The van der Waals surface area contributed by atoms with Crippen LogP contribution in [-0.2, 0) is 9.47 Å². The molecular weight excluding hydrogens is 460 g/mol. The van der Waals surface area contributed by atoms with Crippen LogP contribution in [0.2, 0.25) is 0 Å². The maximum absolute atomic E-state index is 11.9. The average molecular weight is 501 g/mol. The minimum atomic E-state index is -0.103. The van der Waals surface area contributed by atoms with E-state index in [2.05, 4.69) is 36.2 Å². The summed E-state index contributed by atoms with van der Waals surface area (Å²) in [4.78, 5) is 25.3. The van der Waals surface area contributed by atoms with E-state index in [0.717, 1.165) is 6.54 Å². The van der Waals surface area contributed by atoms with Gasteiger partial charge in [0.2, 0.25) is 17.8 Å². The zero-order valence-electron chi connectivity index (χ0n) is 21.0. The number of nitrogens with zero attached hydrogens (tertiary/aromatic N) is 3. The molecule has 1 amide bonds. The lowest BCUT2D eigenvalue weighted by Gasteiger charge is -2.21. The zero-order chi connectivity index (χ0) is 25.3. The van der Waals surface area contributed by atoms with Crippen molar-refractivity contribution >= 4 is 23.8 Å². The fourth-order valence-corrected chi connectivity index (χ4v) is 3.91. The van der Waals surface area contributed by atoms with Crippen molar-refractivity contribution in [2.24, 2.45) is 11.7 Å². The number of benzene rings is 1. The molecule has 1 aliphatic carbocycles. The van der Waals surface area contributed by atoms with Crippen LogP contribution in [0.1, 0.15) is 42.5 Å². The Kier molecular flexibility index (Phi) is 12.7. The van der Waals surface area contributed by atoms with Crippen LogP contribution in [-0.4, -0.2) is 80.0 Å². The Morgan fingerprint density at radius 1 is 0.806 bits per heavy atom. The lowest BCUT2D eigenvalue weighted by Crippen LogP contribution is -2.27. The number of aromatic nitrogens is 3. The number of ether oxygens (including phenoxy) is 2. The molecule has 1 fully saturated rings. The molecule has 0 bridgehead atoms. The van der Waals surface area contributed by atoms with Gasteiger partial charge in [-0.25, -0.2) is 0 Å². The van der Waals surface area contributed by atoms with Crippen LogP contribution in [0.3, 0.4) is 0 Å². The Morgan fingerprint density at radius 3 is 2.08 bits per heavy atom. The summed E-state index contributed by atoms with van der Waals surface area (Å²) in [5, 5.41) is 12.5. The van der Waals surface area contributed by atoms with Crippen LogP contribution < -0.4 is 27.0 Å². The summed E-state index contributed by atoms with van der Waals surface area (Å²) in [5.41, 5.74) is 6.24. The van der Waals surface area contributed by atoms with Crippen LogP contribution in [0.15, 0.2) is 30.3 Å². The molecule has 198 valence electrons. The number of carbonyl (C=O) groups excluding carboxylic acids is 1. The minimum absolute atomic E-state index is 0.103. The van der Waals surface area contributed by atoms with E-state index < -0.39 is 0 Å². The van der Waals surface area contributed by atoms with Gasteiger partial charge in [-0.05, 0) is 30.9 Å². The molecule has 1 heterocycles. The highest BCUT2D eigenvalue weighted by atomic mass is 16.5. The van der Waals surface area contributed by atoms with Crippen molar-refractivity contribution in [2.75, 3.05) is 75.1 Å². The number of amides is 1. The smallest absolute Gasteiger partial charge is 0.251 e. The van der Waals surface area contributed by atoms with E-state index in [9.17, 15) is 4.79 Å². The Morgan fingerprint density at radius 2 is 1.42 bits per heavy atom. The second-order valence-corrected chi connectivity index (χ2v) is 8.68. The maximum Gasteiger partial charge on any atom is 0.251 e. The quantitative estimate of drug-likeness (QED) is 0.204. The Hall–Kier alpha value is -3.02. The van der Waals surface area contributed by atoms with Crippen LogP contribution in [0.25, 0.3) is 0 Å². The molecule has 0 spiro atoms. The molecular formula is C25H40N8O3. The third kappa shape index (κ3) is 10.7. The fraction of sp³-hybridized carbons (Fsp3) is 0.600. The topological polar surface area (TPSA) is 148 Å². The number of anilines is 3. The molecule has 11 nitrogen and oxygen atoms in total. The van der Waals surface area contributed by atoms with Crippen molar-refractivity contribution in [1.82, 2.24) is 20.3 Å². The van der Waals surface area contributed by atoms with Crippen molar-refractivity contribution in [2.45, 2.75) is 32.1 Å². The van der Waals surface area contributed by atoms with Crippen LogP contribution >= 0.6 is 0 Å². The normalized spacial score (nSPS) is 13.8. The zero-order valence-corrected chi connectivity index (χ0v) is 21.0. The standard InChI is InChI=1S/C25H40N8O3/c26-11-12-28-23-31-24(33-25(32-23)30-19-20-7-3-1-4-8-20)29-14-16-36-18-17-35-15-13-27-22(34)21-9-5-2-6-10-21/h2,5-6,9-10,20H,1,3-4,7-8,11-19,26H2,(H,27,34)(H3,28,29,30,31,32,33). The first-order chi connectivity index (χ1) is 17.7.